The molecule has 0 bridgehead atoms. The molecule has 0 radical (unpaired) electrons. The van der Waals surface area contributed by atoms with Crippen LogP contribution in [0.25, 0.3) is 5.69 Å². The van der Waals surface area contributed by atoms with E-state index in [-0.39, 0.29) is 11.9 Å². The molecule has 1 amide bonds. The van der Waals surface area contributed by atoms with Crippen LogP contribution in [0, 0.1) is 5.92 Å². The molecule has 0 N–H and O–H groups in total. The van der Waals surface area contributed by atoms with Crippen molar-refractivity contribution in [2.45, 2.75) is 32.2 Å². The van der Waals surface area contributed by atoms with Gasteiger partial charge in [0.25, 0.3) is 0 Å². The fraction of sp³-hybridized carbons (Fsp3) is 0.389. The van der Waals surface area contributed by atoms with Crippen LogP contribution in [0.2, 0.25) is 0 Å². The molecule has 120 valence electrons. The Morgan fingerprint density at radius 2 is 2.17 bits per heavy atom. The normalized spacial score (nSPS) is 18.1. The Balaban J connectivity index is 1.65. The number of aromatic nitrogens is 3. The van der Waals surface area contributed by atoms with E-state index in [0.29, 0.717) is 12.3 Å². The molecule has 5 nitrogen and oxygen atoms in total. The zero-order valence-corrected chi connectivity index (χ0v) is 13.6. The summed E-state index contributed by atoms with van der Waals surface area (Å²) in [5.41, 5.74) is 2.08. The molecule has 23 heavy (non-hydrogen) atoms. The van der Waals surface area contributed by atoms with E-state index in [2.05, 4.69) is 29.2 Å². The molecule has 2 atom stereocenters. The fourth-order valence-electron chi connectivity index (χ4n) is 2.92. The van der Waals surface area contributed by atoms with Crippen molar-refractivity contribution in [1.29, 1.82) is 0 Å². The minimum atomic E-state index is 0.0534. The second-order valence-electron chi connectivity index (χ2n) is 6.08. The second-order valence-corrected chi connectivity index (χ2v) is 6.08. The number of rotatable bonds is 5. The molecule has 0 saturated heterocycles. The number of nitrogens with zero attached hydrogens (tertiary/aromatic N) is 4. The van der Waals surface area contributed by atoms with E-state index in [1.54, 1.807) is 11.0 Å². The van der Waals surface area contributed by atoms with E-state index in [9.17, 15) is 4.79 Å². The van der Waals surface area contributed by atoms with Crippen molar-refractivity contribution in [3.63, 3.8) is 0 Å². The quantitative estimate of drug-likeness (QED) is 0.797. The van der Waals surface area contributed by atoms with E-state index in [1.807, 2.05) is 36.2 Å². The molecule has 1 aliphatic rings. The van der Waals surface area contributed by atoms with E-state index in [1.165, 1.54) is 6.33 Å². The lowest BCUT2D eigenvalue weighted by Crippen LogP contribution is -2.30. The molecule has 1 aliphatic carbocycles. The molecule has 2 aromatic rings. The molecule has 1 heterocycles. The van der Waals surface area contributed by atoms with Gasteiger partial charge in [-0.2, -0.15) is 5.10 Å². The topological polar surface area (TPSA) is 51.0 Å². The summed E-state index contributed by atoms with van der Waals surface area (Å²) in [6, 6.07) is 8.14. The van der Waals surface area contributed by atoms with Crippen LogP contribution in [-0.2, 0) is 4.79 Å². The summed E-state index contributed by atoms with van der Waals surface area (Å²) in [5, 5.41) is 4.12. The van der Waals surface area contributed by atoms with Gasteiger partial charge in [-0.25, -0.2) is 9.67 Å². The van der Waals surface area contributed by atoms with Crippen LogP contribution in [0.5, 0.6) is 0 Å². The minimum Gasteiger partial charge on any atom is -0.339 e. The highest BCUT2D eigenvalue weighted by Crippen LogP contribution is 2.25. The SMILES string of the molecule is C[C@H](c1ccc(-n2cncn2)cc1)N(C)C(=O)C[C@@H]1C=CCC1. The van der Waals surface area contributed by atoms with Crippen LogP contribution in [-0.4, -0.2) is 32.6 Å². The molecule has 1 aromatic heterocycles. The number of amides is 1. The Morgan fingerprint density at radius 3 is 2.78 bits per heavy atom. The molecule has 1 aromatic carbocycles. The highest BCUT2D eigenvalue weighted by molar-refractivity contribution is 5.77. The van der Waals surface area contributed by atoms with Gasteiger partial charge in [-0.3, -0.25) is 4.79 Å². The predicted octanol–water partition coefficient (Wildman–Crippen LogP) is 3.14. The van der Waals surface area contributed by atoms with Gasteiger partial charge in [-0.1, -0.05) is 24.3 Å². The van der Waals surface area contributed by atoms with Gasteiger partial charge in [-0.05, 0) is 43.4 Å². The Hall–Kier alpha value is -2.43. The van der Waals surface area contributed by atoms with Crippen LogP contribution >= 0.6 is 0 Å². The Bertz CT molecular complexity index is 676. The van der Waals surface area contributed by atoms with Gasteiger partial charge in [0.1, 0.15) is 12.7 Å². The Labute approximate surface area is 136 Å². The maximum absolute atomic E-state index is 12.4. The smallest absolute Gasteiger partial charge is 0.223 e. The zero-order valence-electron chi connectivity index (χ0n) is 13.6. The van der Waals surface area contributed by atoms with Crippen molar-refractivity contribution in [3.8, 4) is 5.69 Å². The van der Waals surface area contributed by atoms with E-state index < -0.39 is 0 Å². The van der Waals surface area contributed by atoms with E-state index in [4.69, 9.17) is 0 Å². The molecule has 0 unspecified atom stereocenters. The second kappa shape index (κ2) is 6.77. The molecular formula is C18H22N4O. The van der Waals surface area contributed by atoms with E-state index >= 15 is 0 Å². The van der Waals surface area contributed by atoms with Gasteiger partial charge < -0.3 is 4.90 Å². The summed E-state index contributed by atoms with van der Waals surface area (Å²) in [5.74, 6) is 0.612. The van der Waals surface area contributed by atoms with Crippen molar-refractivity contribution in [3.05, 3.63) is 54.6 Å². The lowest BCUT2D eigenvalue weighted by molar-refractivity contribution is -0.132. The summed E-state index contributed by atoms with van der Waals surface area (Å²) < 4.78 is 1.72. The lowest BCUT2D eigenvalue weighted by Gasteiger charge is -2.26. The van der Waals surface area contributed by atoms with Crippen molar-refractivity contribution in [2.24, 2.45) is 5.92 Å². The first kappa shape index (κ1) is 15.5. The largest absolute Gasteiger partial charge is 0.339 e. The number of hydrogen-bond donors (Lipinski definition) is 0. The monoisotopic (exact) mass is 310 g/mol. The van der Waals surface area contributed by atoms with Crippen molar-refractivity contribution < 1.29 is 4.79 Å². The number of hydrogen-bond acceptors (Lipinski definition) is 3. The highest BCUT2D eigenvalue weighted by atomic mass is 16.2. The standard InChI is InChI=1S/C18H22N4O/c1-14(21(2)18(23)11-15-5-3-4-6-15)16-7-9-17(10-8-16)22-13-19-12-20-22/h3,5,7-10,12-15H,4,6,11H2,1-2H3/t14-,15-/m1/s1. The maximum atomic E-state index is 12.4. The van der Waals surface area contributed by atoms with Gasteiger partial charge >= 0.3 is 0 Å². The van der Waals surface area contributed by atoms with Gasteiger partial charge in [0.15, 0.2) is 0 Å². The first-order chi connectivity index (χ1) is 11.1. The third-order valence-corrected chi connectivity index (χ3v) is 4.58. The number of carbonyl (C=O) groups excluding carboxylic acids is 1. The Morgan fingerprint density at radius 1 is 1.39 bits per heavy atom. The van der Waals surface area contributed by atoms with Gasteiger partial charge in [0.2, 0.25) is 5.91 Å². The van der Waals surface area contributed by atoms with Gasteiger partial charge in [0, 0.05) is 13.5 Å². The molecular weight excluding hydrogens is 288 g/mol. The third-order valence-electron chi connectivity index (χ3n) is 4.58. The van der Waals surface area contributed by atoms with Crippen LogP contribution in [0.3, 0.4) is 0 Å². The summed E-state index contributed by atoms with van der Waals surface area (Å²) in [6.45, 7) is 2.06. The summed E-state index contributed by atoms with van der Waals surface area (Å²) in [7, 11) is 1.89. The first-order valence-corrected chi connectivity index (χ1v) is 8.02. The average Bonchev–Trinajstić information content (AvgIpc) is 3.27. The summed E-state index contributed by atoms with van der Waals surface area (Å²) in [6.07, 6.45) is 10.3. The fourth-order valence-corrected chi connectivity index (χ4v) is 2.92. The van der Waals surface area contributed by atoms with Crippen molar-refractivity contribution in [2.75, 3.05) is 7.05 Å². The Kier molecular flexibility index (Phi) is 4.55. The third kappa shape index (κ3) is 3.50. The van der Waals surface area contributed by atoms with Crippen LogP contribution in [0.4, 0.5) is 0 Å². The molecule has 3 rings (SSSR count). The van der Waals surface area contributed by atoms with Crippen molar-refractivity contribution in [1.82, 2.24) is 19.7 Å². The average molecular weight is 310 g/mol. The first-order valence-electron chi connectivity index (χ1n) is 8.02. The minimum absolute atomic E-state index is 0.0534. The molecule has 0 aliphatic heterocycles. The summed E-state index contributed by atoms with van der Waals surface area (Å²) >= 11 is 0. The van der Waals surface area contributed by atoms with Gasteiger partial charge in [0.05, 0.1) is 11.7 Å². The van der Waals surface area contributed by atoms with Gasteiger partial charge in [-0.15, -0.1) is 0 Å². The zero-order chi connectivity index (χ0) is 16.2. The molecule has 0 fully saturated rings. The highest BCUT2D eigenvalue weighted by Gasteiger charge is 2.21. The van der Waals surface area contributed by atoms with Crippen LogP contribution in [0.15, 0.2) is 49.1 Å². The van der Waals surface area contributed by atoms with Crippen molar-refractivity contribution >= 4 is 5.91 Å². The maximum Gasteiger partial charge on any atom is 0.223 e. The number of allylic oxidation sites excluding steroid dienone is 2. The number of benzene rings is 1. The molecule has 5 heteroatoms. The molecule has 0 saturated carbocycles. The number of carbonyl (C=O) groups is 1. The van der Waals surface area contributed by atoms with Crippen LogP contribution < -0.4 is 0 Å². The van der Waals surface area contributed by atoms with E-state index in [0.717, 1.165) is 24.1 Å². The van der Waals surface area contributed by atoms with Crippen LogP contribution in [0.1, 0.15) is 37.8 Å². The lowest BCUT2D eigenvalue weighted by atomic mass is 10.0. The summed E-state index contributed by atoms with van der Waals surface area (Å²) in [4.78, 5) is 18.2. The molecule has 0 spiro atoms. The predicted molar refractivity (Wildman–Crippen MR) is 89.0 cm³/mol.